The molecule has 0 spiro atoms. The van der Waals surface area contributed by atoms with Crippen molar-refractivity contribution in [2.24, 2.45) is 0 Å². The lowest BCUT2D eigenvalue weighted by molar-refractivity contribution is -0.142. The van der Waals surface area contributed by atoms with Crippen LogP contribution in [0.3, 0.4) is 0 Å². The van der Waals surface area contributed by atoms with Crippen molar-refractivity contribution < 1.29 is 9.53 Å². The maximum atomic E-state index is 10.9. The van der Waals surface area contributed by atoms with Gasteiger partial charge in [-0.1, -0.05) is 25.7 Å². The van der Waals surface area contributed by atoms with Crippen molar-refractivity contribution in [3.05, 3.63) is 0 Å². The number of hydrogen-bond acceptors (Lipinski definition) is 2. The smallest absolute Gasteiger partial charge is 0.306 e. The molecule has 0 amide bonds. The minimum absolute atomic E-state index is 0.136. The predicted molar refractivity (Wildman–Crippen MR) is 56.9 cm³/mol. The summed E-state index contributed by atoms with van der Waals surface area (Å²) in [4.78, 5) is 10.9. The van der Waals surface area contributed by atoms with Crippen LogP contribution in [0.15, 0.2) is 0 Å². The van der Waals surface area contributed by atoms with Crippen LogP contribution in [-0.2, 0) is 9.53 Å². The zero-order chi connectivity index (χ0) is 9.23. The highest BCUT2D eigenvalue weighted by Crippen LogP contribution is 1.99. The maximum Gasteiger partial charge on any atom is 0.306 e. The number of carbonyl (C=O) groups is 1. The first kappa shape index (κ1) is 11.8. The number of esters is 1. The summed E-state index contributed by atoms with van der Waals surface area (Å²) >= 11 is 1.92. The molecular formula is C9H13IO2. The molecule has 0 rings (SSSR count). The van der Waals surface area contributed by atoms with Gasteiger partial charge in [0.1, 0.15) is 0 Å². The third-order valence-corrected chi connectivity index (χ3v) is 1.74. The molecule has 68 valence electrons. The van der Waals surface area contributed by atoms with Crippen LogP contribution in [0.1, 0.15) is 32.6 Å². The van der Waals surface area contributed by atoms with Crippen molar-refractivity contribution in [2.75, 3.05) is 6.61 Å². The maximum absolute atomic E-state index is 10.9. The third kappa shape index (κ3) is 7.86. The highest BCUT2D eigenvalue weighted by atomic mass is 127. The Morgan fingerprint density at radius 1 is 1.50 bits per heavy atom. The van der Waals surface area contributed by atoms with E-state index in [-0.39, 0.29) is 12.6 Å². The fourth-order valence-electron chi connectivity index (χ4n) is 0.735. The standard InChI is InChI=1S/C9H13IO2/c1-2-3-4-6-9(11)12-8-5-7-10/h2-4,6,8H2,1H3. The first-order valence-electron chi connectivity index (χ1n) is 4.05. The van der Waals surface area contributed by atoms with Crippen LogP contribution < -0.4 is 0 Å². The molecule has 0 atom stereocenters. The second kappa shape index (κ2) is 8.85. The molecule has 0 unspecified atom stereocenters. The molecule has 0 heterocycles. The molecule has 0 aromatic carbocycles. The van der Waals surface area contributed by atoms with Gasteiger partial charge in [-0.15, -0.1) is 0 Å². The van der Waals surface area contributed by atoms with Crippen LogP contribution in [0.2, 0.25) is 0 Å². The molecule has 0 saturated heterocycles. The molecular weight excluding hydrogens is 267 g/mol. The van der Waals surface area contributed by atoms with Crippen molar-refractivity contribution in [3.8, 4) is 9.85 Å². The fraction of sp³-hybridized carbons (Fsp3) is 0.667. The number of rotatable bonds is 5. The van der Waals surface area contributed by atoms with E-state index in [2.05, 4.69) is 16.8 Å². The molecule has 2 nitrogen and oxygen atoms in total. The zero-order valence-corrected chi connectivity index (χ0v) is 9.39. The minimum Gasteiger partial charge on any atom is -0.452 e. The van der Waals surface area contributed by atoms with Gasteiger partial charge in [0.15, 0.2) is 6.61 Å². The van der Waals surface area contributed by atoms with Gasteiger partial charge < -0.3 is 4.74 Å². The van der Waals surface area contributed by atoms with Gasteiger partial charge in [-0.25, -0.2) is 0 Å². The summed E-state index contributed by atoms with van der Waals surface area (Å²) in [6, 6.07) is 0. The molecule has 0 N–H and O–H groups in total. The quantitative estimate of drug-likeness (QED) is 0.335. The van der Waals surface area contributed by atoms with E-state index in [0.717, 1.165) is 19.3 Å². The van der Waals surface area contributed by atoms with E-state index < -0.39 is 0 Å². The lowest BCUT2D eigenvalue weighted by Gasteiger charge is -1.98. The largest absolute Gasteiger partial charge is 0.452 e. The van der Waals surface area contributed by atoms with E-state index in [9.17, 15) is 4.79 Å². The SMILES string of the molecule is CCCCCC(=O)OCC#CI. The second-order valence-corrected chi connectivity index (χ2v) is 2.93. The Kier molecular flexibility index (Phi) is 8.68. The van der Waals surface area contributed by atoms with Gasteiger partial charge >= 0.3 is 5.97 Å². The lowest BCUT2D eigenvalue weighted by atomic mass is 10.2. The first-order chi connectivity index (χ1) is 5.81. The molecule has 0 aromatic heterocycles. The summed E-state index contributed by atoms with van der Waals surface area (Å²) in [5, 5.41) is 0. The Hall–Kier alpha value is -0.240. The topological polar surface area (TPSA) is 26.3 Å². The fourth-order valence-corrected chi connectivity index (χ4v) is 0.891. The van der Waals surface area contributed by atoms with Crippen LogP contribution in [0.5, 0.6) is 0 Å². The zero-order valence-electron chi connectivity index (χ0n) is 7.23. The molecule has 0 radical (unpaired) electrons. The summed E-state index contributed by atoms with van der Waals surface area (Å²) < 4.78 is 7.44. The van der Waals surface area contributed by atoms with Gasteiger partial charge in [0.05, 0.1) is 0 Å². The van der Waals surface area contributed by atoms with Crippen molar-refractivity contribution >= 4 is 28.6 Å². The molecule has 0 aliphatic rings. The van der Waals surface area contributed by atoms with Crippen molar-refractivity contribution in [2.45, 2.75) is 32.6 Å². The van der Waals surface area contributed by atoms with Gasteiger partial charge in [0.25, 0.3) is 0 Å². The highest BCUT2D eigenvalue weighted by Gasteiger charge is 1.99. The average molecular weight is 280 g/mol. The normalized spacial score (nSPS) is 8.50. The van der Waals surface area contributed by atoms with Crippen LogP contribution >= 0.6 is 22.6 Å². The van der Waals surface area contributed by atoms with E-state index in [4.69, 9.17) is 4.74 Å². The van der Waals surface area contributed by atoms with Gasteiger partial charge in [0, 0.05) is 29.0 Å². The first-order valence-corrected chi connectivity index (χ1v) is 5.13. The Bertz CT molecular complexity index is 179. The summed E-state index contributed by atoms with van der Waals surface area (Å²) in [7, 11) is 0. The van der Waals surface area contributed by atoms with Gasteiger partial charge in [0.2, 0.25) is 0 Å². The minimum atomic E-state index is -0.136. The summed E-state index contributed by atoms with van der Waals surface area (Å²) in [5.74, 6) is 2.53. The molecule has 0 aliphatic heterocycles. The highest BCUT2D eigenvalue weighted by molar-refractivity contribution is 14.1. The molecule has 0 fully saturated rings. The van der Waals surface area contributed by atoms with Gasteiger partial charge in [-0.2, -0.15) is 0 Å². The van der Waals surface area contributed by atoms with Gasteiger partial charge in [-0.3, -0.25) is 4.79 Å². The summed E-state index contributed by atoms with van der Waals surface area (Å²) in [6.45, 7) is 2.33. The van der Waals surface area contributed by atoms with E-state index in [1.54, 1.807) is 0 Å². The van der Waals surface area contributed by atoms with E-state index in [0.29, 0.717) is 6.42 Å². The van der Waals surface area contributed by atoms with E-state index in [1.807, 2.05) is 22.6 Å². The van der Waals surface area contributed by atoms with Crippen LogP contribution in [0, 0.1) is 9.85 Å². The number of unbranched alkanes of at least 4 members (excludes halogenated alkanes) is 2. The molecule has 0 aliphatic carbocycles. The molecule has 3 heteroatoms. The lowest BCUT2D eigenvalue weighted by Crippen LogP contribution is -2.03. The molecule has 0 aromatic rings. The number of halogens is 1. The number of carbonyl (C=O) groups excluding carboxylic acids is 1. The van der Waals surface area contributed by atoms with Crippen molar-refractivity contribution in [3.63, 3.8) is 0 Å². The molecule has 0 bridgehead atoms. The van der Waals surface area contributed by atoms with Crippen LogP contribution in [-0.4, -0.2) is 12.6 Å². The number of ether oxygens (including phenoxy) is 1. The molecule has 12 heavy (non-hydrogen) atoms. The summed E-state index contributed by atoms with van der Waals surface area (Å²) in [6.07, 6.45) is 3.66. The summed E-state index contributed by atoms with van der Waals surface area (Å²) in [5.41, 5.74) is 0. The van der Waals surface area contributed by atoms with E-state index in [1.165, 1.54) is 0 Å². The predicted octanol–water partition coefficient (Wildman–Crippen LogP) is 2.51. The number of hydrogen-bond donors (Lipinski definition) is 0. The third-order valence-electron chi connectivity index (χ3n) is 1.36. The molecule has 0 saturated carbocycles. The van der Waals surface area contributed by atoms with Crippen molar-refractivity contribution in [1.29, 1.82) is 0 Å². The average Bonchev–Trinajstić information content (AvgIpc) is 2.06. The van der Waals surface area contributed by atoms with Gasteiger partial charge in [-0.05, 0) is 10.3 Å². The monoisotopic (exact) mass is 280 g/mol. The second-order valence-electron chi connectivity index (χ2n) is 2.39. The Labute approximate surface area is 87.2 Å². The Morgan fingerprint density at radius 3 is 2.83 bits per heavy atom. The van der Waals surface area contributed by atoms with E-state index >= 15 is 0 Å². The van der Waals surface area contributed by atoms with Crippen LogP contribution in [0.4, 0.5) is 0 Å². The van der Waals surface area contributed by atoms with Crippen LogP contribution in [0.25, 0.3) is 0 Å². The Balaban J connectivity index is 3.25. The van der Waals surface area contributed by atoms with Crippen molar-refractivity contribution in [1.82, 2.24) is 0 Å². The Morgan fingerprint density at radius 2 is 2.25 bits per heavy atom.